The number of rotatable bonds is 2. The second-order valence-corrected chi connectivity index (χ2v) is 4.95. The minimum atomic E-state index is -0.879. The van der Waals surface area contributed by atoms with Gasteiger partial charge in [-0.2, -0.15) is 0 Å². The monoisotopic (exact) mass is 278 g/mol. The summed E-state index contributed by atoms with van der Waals surface area (Å²) in [7, 11) is 0. The fourth-order valence-electron chi connectivity index (χ4n) is 2.48. The lowest BCUT2D eigenvalue weighted by molar-refractivity contribution is 0.131. The van der Waals surface area contributed by atoms with Crippen LogP contribution < -0.4 is 0 Å². The average Bonchev–Trinajstić information content (AvgIpc) is 2.46. The van der Waals surface area contributed by atoms with Crippen LogP contribution in [0.2, 0.25) is 0 Å². The van der Waals surface area contributed by atoms with E-state index < -0.39 is 6.09 Å². The number of piperidine rings is 1. The third-order valence-corrected chi connectivity index (χ3v) is 3.63. The predicted molar refractivity (Wildman–Crippen MR) is 72.3 cm³/mol. The number of hydrogen-bond acceptors (Lipinski definition) is 5. The highest BCUT2D eigenvalue weighted by Gasteiger charge is 2.26. The molecule has 0 atom stereocenters. The zero-order chi connectivity index (χ0) is 14.7. The van der Waals surface area contributed by atoms with Crippen LogP contribution in [0.4, 0.5) is 4.79 Å². The van der Waals surface area contributed by atoms with Crippen LogP contribution in [0.1, 0.15) is 42.8 Å². The van der Waals surface area contributed by atoms with E-state index in [4.69, 9.17) is 10.3 Å². The van der Waals surface area contributed by atoms with Crippen molar-refractivity contribution in [1.29, 1.82) is 0 Å². The van der Waals surface area contributed by atoms with Crippen LogP contribution in [0.5, 0.6) is 0 Å². The van der Waals surface area contributed by atoms with Crippen LogP contribution in [-0.2, 0) is 0 Å². The number of aromatic nitrogens is 2. The van der Waals surface area contributed by atoms with E-state index in [1.54, 1.807) is 13.1 Å². The molecule has 0 spiro atoms. The maximum absolute atomic E-state index is 10.9. The van der Waals surface area contributed by atoms with Gasteiger partial charge >= 0.3 is 6.09 Å². The number of likely N-dealkylation sites (tertiary alicyclic amines) is 1. The Kier molecular flexibility index (Phi) is 4.16. The predicted octanol–water partition coefficient (Wildman–Crippen LogP) is 1.84. The number of carbonyl (C=O) groups is 1. The average molecular weight is 278 g/mol. The number of aryl methyl sites for hydroxylation is 1. The van der Waals surface area contributed by atoms with Gasteiger partial charge in [-0.25, -0.2) is 14.8 Å². The van der Waals surface area contributed by atoms with Crippen LogP contribution in [0.15, 0.2) is 11.4 Å². The molecular weight excluding hydrogens is 260 g/mol. The van der Waals surface area contributed by atoms with Crippen molar-refractivity contribution in [3.8, 4) is 0 Å². The molecule has 0 bridgehead atoms. The van der Waals surface area contributed by atoms with E-state index in [-0.39, 0.29) is 5.92 Å². The molecule has 1 aliphatic heterocycles. The molecule has 0 aromatic carbocycles. The third-order valence-electron chi connectivity index (χ3n) is 3.63. The minimum Gasteiger partial charge on any atom is -0.465 e. The molecule has 1 aromatic heterocycles. The zero-order valence-corrected chi connectivity index (χ0v) is 11.6. The molecule has 1 amide bonds. The van der Waals surface area contributed by atoms with E-state index >= 15 is 0 Å². The first-order valence-electron chi connectivity index (χ1n) is 6.53. The van der Waals surface area contributed by atoms with Crippen LogP contribution in [-0.4, -0.2) is 50.1 Å². The molecule has 0 saturated carbocycles. The number of carboxylic acid groups (broad SMARTS) is 1. The van der Waals surface area contributed by atoms with Gasteiger partial charge in [0.05, 0.1) is 11.4 Å². The Labute approximate surface area is 117 Å². The van der Waals surface area contributed by atoms with Crippen molar-refractivity contribution in [2.45, 2.75) is 32.6 Å². The van der Waals surface area contributed by atoms with E-state index in [9.17, 15) is 4.79 Å². The van der Waals surface area contributed by atoms with Crippen molar-refractivity contribution in [2.24, 2.45) is 5.16 Å². The van der Waals surface area contributed by atoms with Crippen LogP contribution >= 0.6 is 0 Å². The molecule has 7 heteroatoms. The summed E-state index contributed by atoms with van der Waals surface area (Å²) in [6.07, 6.45) is 2.22. The van der Waals surface area contributed by atoms with Gasteiger partial charge in [0.1, 0.15) is 5.82 Å². The molecule has 2 rings (SSSR count). The van der Waals surface area contributed by atoms with Gasteiger partial charge in [0.25, 0.3) is 0 Å². The maximum atomic E-state index is 10.9. The molecule has 0 unspecified atom stereocenters. The highest BCUT2D eigenvalue weighted by molar-refractivity contribution is 5.99. The van der Waals surface area contributed by atoms with Crippen LogP contribution in [0.3, 0.4) is 0 Å². The van der Waals surface area contributed by atoms with E-state index in [0.29, 0.717) is 37.5 Å². The fraction of sp³-hybridized carbons (Fsp3) is 0.538. The van der Waals surface area contributed by atoms with Crippen LogP contribution in [0.25, 0.3) is 0 Å². The Hall–Kier alpha value is -2.18. The quantitative estimate of drug-likeness (QED) is 0.488. The molecule has 1 fully saturated rings. The van der Waals surface area contributed by atoms with E-state index in [0.717, 1.165) is 11.3 Å². The molecule has 2 heterocycles. The van der Waals surface area contributed by atoms with E-state index in [1.807, 2.05) is 6.92 Å². The minimum absolute atomic E-state index is 0.166. The molecule has 1 saturated heterocycles. The number of amides is 1. The second-order valence-electron chi connectivity index (χ2n) is 4.95. The first-order valence-corrected chi connectivity index (χ1v) is 6.53. The molecule has 20 heavy (non-hydrogen) atoms. The first-order chi connectivity index (χ1) is 9.52. The molecule has 1 aliphatic rings. The van der Waals surface area contributed by atoms with Gasteiger partial charge in [-0.15, -0.1) is 0 Å². The normalized spacial score (nSPS) is 17.3. The Morgan fingerprint density at radius 3 is 2.65 bits per heavy atom. The number of nitrogens with zero attached hydrogens (tertiary/aromatic N) is 4. The summed E-state index contributed by atoms with van der Waals surface area (Å²) in [6.45, 7) is 4.50. The molecule has 2 N–H and O–H groups in total. The first kappa shape index (κ1) is 14.2. The Bertz CT molecular complexity index is 536. The topological polar surface area (TPSA) is 98.9 Å². The summed E-state index contributed by atoms with van der Waals surface area (Å²) in [6, 6.07) is 0. The van der Waals surface area contributed by atoms with Gasteiger partial charge in [-0.1, -0.05) is 5.16 Å². The van der Waals surface area contributed by atoms with E-state index in [1.165, 1.54) is 4.90 Å². The maximum Gasteiger partial charge on any atom is 0.407 e. The summed E-state index contributed by atoms with van der Waals surface area (Å²) < 4.78 is 0. The summed E-state index contributed by atoms with van der Waals surface area (Å²) >= 11 is 0. The Morgan fingerprint density at radius 1 is 1.45 bits per heavy atom. The summed E-state index contributed by atoms with van der Waals surface area (Å²) in [4.78, 5) is 20.9. The molecule has 0 aliphatic carbocycles. The van der Waals surface area contributed by atoms with Gasteiger partial charge in [-0.05, 0) is 26.7 Å². The van der Waals surface area contributed by atoms with Gasteiger partial charge in [0, 0.05) is 30.8 Å². The van der Waals surface area contributed by atoms with Gasteiger partial charge in [0.15, 0.2) is 0 Å². The number of hydrogen-bond donors (Lipinski definition) is 2. The molecule has 0 radical (unpaired) electrons. The van der Waals surface area contributed by atoms with E-state index in [2.05, 4.69) is 15.1 Å². The van der Waals surface area contributed by atoms with Crippen LogP contribution in [0, 0.1) is 6.92 Å². The summed E-state index contributed by atoms with van der Waals surface area (Å²) in [5, 5.41) is 21.1. The second kappa shape index (κ2) is 5.85. The molecule has 108 valence electrons. The van der Waals surface area contributed by atoms with Crippen molar-refractivity contribution >= 4 is 11.8 Å². The fourth-order valence-corrected chi connectivity index (χ4v) is 2.48. The largest absolute Gasteiger partial charge is 0.465 e. The molecular formula is C13H18N4O3. The Morgan fingerprint density at radius 2 is 2.10 bits per heavy atom. The molecule has 1 aromatic rings. The van der Waals surface area contributed by atoms with Crippen molar-refractivity contribution in [3.63, 3.8) is 0 Å². The highest BCUT2D eigenvalue weighted by atomic mass is 16.4. The van der Waals surface area contributed by atoms with Crippen molar-refractivity contribution in [1.82, 2.24) is 14.9 Å². The number of oxime groups is 1. The lowest BCUT2D eigenvalue weighted by Crippen LogP contribution is -2.37. The van der Waals surface area contributed by atoms with Crippen molar-refractivity contribution in [2.75, 3.05) is 13.1 Å². The van der Waals surface area contributed by atoms with Crippen molar-refractivity contribution < 1.29 is 15.1 Å². The highest BCUT2D eigenvalue weighted by Crippen LogP contribution is 2.29. The SMILES string of the molecule is CC(=NO)c1cnc(C)nc1C1CCN(C(=O)O)CC1. The van der Waals surface area contributed by atoms with Gasteiger partial charge in [-0.3, -0.25) is 0 Å². The zero-order valence-electron chi connectivity index (χ0n) is 11.6. The lowest BCUT2D eigenvalue weighted by atomic mass is 9.90. The standard InChI is InChI=1S/C13H18N4O3/c1-8(16-20)11-7-14-9(2)15-12(11)10-3-5-17(6-4-10)13(18)19/h7,10,20H,3-6H2,1-2H3,(H,18,19). The summed E-state index contributed by atoms with van der Waals surface area (Å²) in [5.41, 5.74) is 2.05. The van der Waals surface area contributed by atoms with Gasteiger partial charge < -0.3 is 15.2 Å². The van der Waals surface area contributed by atoms with Gasteiger partial charge in [0.2, 0.25) is 0 Å². The Balaban J connectivity index is 2.25. The smallest absolute Gasteiger partial charge is 0.407 e. The molecule has 7 nitrogen and oxygen atoms in total. The van der Waals surface area contributed by atoms with Crippen molar-refractivity contribution in [3.05, 3.63) is 23.3 Å². The lowest BCUT2D eigenvalue weighted by Gasteiger charge is -2.30. The summed E-state index contributed by atoms with van der Waals surface area (Å²) in [5.74, 6) is 0.828. The third kappa shape index (κ3) is 2.87.